The van der Waals surface area contributed by atoms with E-state index in [1.54, 1.807) is 14.2 Å². The Hall–Kier alpha value is -2.59. The maximum atomic E-state index is 11.7. The van der Waals surface area contributed by atoms with Crippen LogP contribution in [-0.2, 0) is 19.9 Å². The van der Waals surface area contributed by atoms with E-state index in [4.69, 9.17) is 14.2 Å². The van der Waals surface area contributed by atoms with Crippen LogP contribution >= 0.6 is 0 Å². The van der Waals surface area contributed by atoms with Gasteiger partial charge in [0, 0.05) is 25.2 Å². The molecule has 0 spiro atoms. The van der Waals surface area contributed by atoms with Gasteiger partial charge in [0.25, 0.3) is 0 Å². The lowest BCUT2D eigenvalue weighted by Gasteiger charge is -2.50. The van der Waals surface area contributed by atoms with Gasteiger partial charge >= 0.3 is 5.97 Å². The fourth-order valence-corrected chi connectivity index (χ4v) is 3.41. The smallest absolute Gasteiger partial charge is 0.303 e. The standard InChI is InChI=1S/C20H20O4/c1-13(15-9-6-5-7-10-15)20(23-4)16-11-8-12-17(22-3)18(16)19(20)24-14(2)21/h5-12,19H,1H2,2-4H3/t19-,20+/m0/s1. The fourth-order valence-electron chi connectivity index (χ4n) is 3.41. The van der Waals surface area contributed by atoms with Crippen molar-refractivity contribution in [2.24, 2.45) is 0 Å². The quantitative estimate of drug-likeness (QED) is 0.783. The number of rotatable bonds is 5. The highest BCUT2D eigenvalue weighted by Crippen LogP contribution is 2.61. The van der Waals surface area contributed by atoms with Gasteiger partial charge in [-0.2, -0.15) is 0 Å². The largest absolute Gasteiger partial charge is 0.496 e. The molecule has 0 amide bonds. The number of methoxy groups -OCH3 is 2. The molecule has 0 heterocycles. The molecular weight excluding hydrogens is 304 g/mol. The van der Waals surface area contributed by atoms with Gasteiger partial charge in [-0.3, -0.25) is 4.79 Å². The molecule has 2 aromatic carbocycles. The van der Waals surface area contributed by atoms with Gasteiger partial charge in [-0.25, -0.2) is 0 Å². The average Bonchev–Trinajstić information content (AvgIpc) is 2.60. The summed E-state index contributed by atoms with van der Waals surface area (Å²) in [6.07, 6.45) is -0.598. The molecule has 0 N–H and O–H groups in total. The van der Waals surface area contributed by atoms with E-state index in [0.29, 0.717) is 5.75 Å². The SMILES string of the molecule is C=C(c1ccccc1)[C@@]1(OC)c2cccc(OC)c2[C@@H]1OC(C)=O. The molecule has 0 bridgehead atoms. The predicted octanol–water partition coefficient (Wildman–Crippen LogP) is 3.87. The first kappa shape index (κ1) is 16.3. The molecule has 124 valence electrons. The van der Waals surface area contributed by atoms with Crippen LogP contribution in [0.25, 0.3) is 5.57 Å². The van der Waals surface area contributed by atoms with Crippen LogP contribution in [0.3, 0.4) is 0 Å². The van der Waals surface area contributed by atoms with Crippen molar-refractivity contribution in [3.63, 3.8) is 0 Å². The van der Waals surface area contributed by atoms with Gasteiger partial charge in [0.2, 0.25) is 0 Å². The Bertz CT molecular complexity index is 781. The van der Waals surface area contributed by atoms with Crippen LogP contribution in [0.1, 0.15) is 29.7 Å². The zero-order valence-electron chi connectivity index (χ0n) is 14.0. The maximum absolute atomic E-state index is 11.7. The van der Waals surface area contributed by atoms with Gasteiger partial charge in [0.1, 0.15) is 5.75 Å². The monoisotopic (exact) mass is 324 g/mol. The lowest BCUT2D eigenvalue weighted by Crippen LogP contribution is -2.48. The Morgan fingerprint density at radius 1 is 1.08 bits per heavy atom. The molecule has 24 heavy (non-hydrogen) atoms. The van der Waals surface area contributed by atoms with Gasteiger partial charge in [0.05, 0.1) is 7.11 Å². The summed E-state index contributed by atoms with van der Waals surface area (Å²) in [5.74, 6) is 0.297. The number of ether oxygens (including phenoxy) is 3. The molecule has 0 radical (unpaired) electrons. The van der Waals surface area contributed by atoms with Crippen molar-refractivity contribution >= 4 is 11.5 Å². The first-order chi connectivity index (χ1) is 11.6. The predicted molar refractivity (Wildman–Crippen MR) is 91.7 cm³/mol. The summed E-state index contributed by atoms with van der Waals surface area (Å²) in [4.78, 5) is 11.7. The van der Waals surface area contributed by atoms with Crippen molar-refractivity contribution in [1.29, 1.82) is 0 Å². The van der Waals surface area contributed by atoms with E-state index < -0.39 is 11.7 Å². The minimum atomic E-state index is -0.920. The topological polar surface area (TPSA) is 44.8 Å². The van der Waals surface area contributed by atoms with Crippen LogP contribution in [0.5, 0.6) is 5.75 Å². The van der Waals surface area contributed by atoms with Crippen molar-refractivity contribution < 1.29 is 19.0 Å². The molecule has 4 nitrogen and oxygen atoms in total. The zero-order valence-corrected chi connectivity index (χ0v) is 14.0. The third-order valence-corrected chi connectivity index (χ3v) is 4.49. The zero-order chi connectivity index (χ0) is 17.3. The van der Waals surface area contributed by atoms with Gasteiger partial charge in [-0.1, -0.05) is 49.0 Å². The highest BCUT2D eigenvalue weighted by atomic mass is 16.6. The van der Waals surface area contributed by atoms with E-state index in [-0.39, 0.29) is 5.97 Å². The number of hydrogen-bond donors (Lipinski definition) is 0. The summed E-state index contributed by atoms with van der Waals surface area (Å²) >= 11 is 0. The van der Waals surface area contributed by atoms with Crippen LogP contribution < -0.4 is 4.74 Å². The molecular formula is C20H20O4. The summed E-state index contributed by atoms with van der Waals surface area (Å²) in [5.41, 5.74) is 2.50. The maximum Gasteiger partial charge on any atom is 0.303 e. The Labute approximate surface area is 141 Å². The number of esters is 1. The van der Waals surface area contributed by atoms with Crippen molar-refractivity contribution in [3.8, 4) is 5.75 Å². The van der Waals surface area contributed by atoms with Crippen molar-refractivity contribution in [2.75, 3.05) is 14.2 Å². The van der Waals surface area contributed by atoms with Crippen LogP contribution in [0.15, 0.2) is 55.1 Å². The number of fused-ring (bicyclic) bond motifs is 1. The van der Waals surface area contributed by atoms with Gasteiger partial charge in [-0.15, -0.1) is 0 Å². The van der Waals surface area contributed by atoms with E-state index >= 15 is 0 Å². The van der Waals surface area contributed by atoms with Crippen molar-refractivity contribution in [1.82, 2.24) is 0 Å². The molecule has 0 aliphatic heterocycles. The normalized spacial score (nSPS) is 21.4. The molecule has 0 fully saturated rings. The number of carbonyl (C=O) groups excluding carboxylic acids is 1. The molecule has 0 saturated heterocycles. The van der Waals surface area contributed by atoms with E-state index in [0.717, 1.165) is 22.3 Å². The van der Waals surface area contributed by atoms with E-state index in [9.17, 15) is 4.79 Å². The molecule has 0 aromatic heterocycles. The second kappa shape index (κ2) is 6.13. The minimum Gasteiger partial charge on any atom is -0.496 e. The van der Waals surface area contributed by atoms with E-state index in [2.05, 4.69) is 6.58 Å². The second-order valence-electron chi connectivity index (χ2n) is 5.70. The molecule has 0 saturated carbocycles. The molecule has 1 aliphatic rings. The van der Waals surface area contributed by atoms with E-state index in [1.807, 2.05) is 48.5 Å². The van der Waals surface area contributed by atoms with Crippen LogP contribution in [0, 0.1) is 0 Å². The second-order valence-corrected chi connectivity index (χ2v) is 5.70. The fraction of sp³-hybridized carbons (Fsp3) is 0.250. The number of benzene rings is 2. The highest BCUT2D eigenvalue weighted by molar-refractivity contribution is 5.80. The Morgan fingerprint density at radius 3 is 2.38 bits per heavy atom. The summed E-state index contributed by atoms with van der Waals surface area (Å²) < 4.78 is 16.9. The van der Waals surface area contributed by atoms with Crippen molar-refractivity contribution in [3.05, 3.63) is 71.8 Å². The summed E-state index contributed by atoms with van der Waals surface area (Å²) in [7, 11) is 3.20. The number of hydrogen-bond acceptors (Lipinski definition) is 4. The third kappa shape index (κ3) is 2.22. The first-order valence-corrected chi connectivity index (χ1v) is 7.70. The van der Waals surface area contributed by atoms with Crippen LogP contribution in [0.4, 0.5) is 0 Å². The molecule has 2 atom stereocenters. The first-order valence-electron chi connectivity index (χ1n) is 7.70. The average molecular weight is 324 g/mol. The van der Waals surface area contributed by atoms with Crippen LogP contribution in [-0.4, -0.2) is 20.2 Å². The molecule has 3 rings (SSSR count). The van der Waals surface area contributed by atoms with Gasteiger partial charge < -0.3 is 14.2 Å². The van der Waals surface area contributed by atoms with E-state index in [1.165, 1.54) is 6.92 Å². The summed E-state index contributed by atoms with van der Waals surface area (Å²) in [6, 6.07) is 15.4. The lowest BCUT2D eigenvalue weighted by molar-refractivity contribution is -0.169. The Morgan fingerprint density at radius 2 is 1.79 bits per heavy atom. The molecule has 4 heteroatoms. The Kier molecular flexibility index (Phi) is 4.16. The molecule has 1 aliphatic carbocycles. The van der Waals surface area contributed by atoms with Crippen LogP contribution in [0.2, 0.25) is 0 Å². The summed E-state index contributed by atoms with van der Waals surface area (Å²) in [5, 5.41) is 0. The summed E-state index contributed by atoms with van der Waals surface area (Å²) in [6.45, 7) is 5.63. The van der Waals surface area contributed by atoms with Crippen molar-refractivity contribution in [2.45, 2.75) is 18.6 Å². The van der Waals surface area contributed by atoms with Gasteiger partial charge in [0.15, 0.2) is 11.7 Å². The van der Waals surface area contributed by atoms with Gasteiger partial charge in [-0.05, 0) is 17.2 Å². The third-order valence-electron chi connectivity index (χ3n) is 4.49. The molecule has 2 aromatic rings. The minimum absolute atomic E-state index is 0.376. The Balaban J connectivity index is 2.17. The molecule has 0 unspecified atom stereocenters. The number of carbonyl (C=O) groups is 1. The highest BCUT2D eigenvalue weighted by Gasteiger charge is 2.58. The lowest BCUT2D eigenvalue weighted by atomic mass is 9.64.